The van der Waals surface area contributed by atoms with Crippen LogP contribution in [0.3, 0.4) is 0 Å². The summed E-state index contributed by atoms with van der Waals surface area (Å²) in [5.74, 6) is -0.636. The van der Waals surface area contributed by atoms with Gasteiger partial charge in [-0.05, 0) is 30.6 Å². The lowest BCUT2D eigenvalue weighted by molar-refractivity contribution is -0.193. The molecule has 3 aliphatic rings. The van der Waals surface area contributed by atoms with Gasteiger partial charge in [-0.25, -0.2) is 0 Å². The van der Waals surface area contributed by atoms with Crippen LogP contribution in [-0.4, -0.2) is 35.9 Å². The summed E-state index contributed by atoms with van der Waals surface area (Å²) in [5, 5.41) is 10.5. The van der Waals surface area contributed by atoms with Crippen molar-refractivity contribution >= 4 is 11.9 Å². The lowest BCUT2D eigenvalue weighted by atomic mass is 9.45. The molecular weight excluding hydrogens is 284 g/mol. The van der Waals surface area contributed by atoms with E-state index in [4.69, 9.17) is 9.47 Å². The predicted octanol–water partition coefficient (Wildman–Crippen LogP) is 1.91. The van der Waals surface area contributed by atoms with Crippen LogP contribution in [0.5, 0.6) is 0 Å². The number of carbonyl (C=O) groups excluding carboxylic acids is 2. The number of rotatable bonds is 1. The normalized spacial score (nSPS) is 46.4. The Hall–Kier alpha value is -1.10. The van der Waals surface area contributed by atoms with Gasteiger partial charge in [0.2, 0.25) is 0 Å². The van der Waals surface area contributed by atoms with E-state index in [1.807, 2.05) is 0 Å². The average molecular weight is 310 g/mol. The fourth-order valence-corrected chi connectivity index (χ4v) is 5.47. The first kappa shape index (κ1) is 15.8. The van der Waals surface area contributed by atoms with Gasteiger partial charge in [0.25, 0.3) is 0 Å². The number of hydrogen-bond donors (Lipinski definition) is 1. The molecule has 5 nitrogen and oxygen atoms in total. The number of carbonyl (C=O) groups is 2. The van der Waals surface area contributed by atoms with Crippen molar-refractivity contribution in [2.75, 3.05) is 6.61 Å². The van der Waals surface area contributed by atoms with Gasteiger partial charge in [-0.3, -0.25) is 9.59 Å². The SMILES string of the molecule is CC(=O)O[C@H]1CC[C@]2(C)[C@@H]3C(=O)OC[C@H]3[C@@H](O)C[C@@H]2C1(C)C. The quantitative estimate of drug-likeness (QED) is 0.749. The van der Waals surface area contributed by atoms with Crippen LogP contribution in [0.4, 0.5) is 0 Å². The molecule has 1 heterocycles. The number of fused-ring (bicyclic) bond motifs is 3. The van der Waals surface area contributed by atoms with Crippen LogP contribution in [0.2, 0.25) is 0 Å². The molecule has 5 heteroatoms. The second-order valence-electron chi connectivity index (χ2n) is 8.09. The molecule has 0 aromatic heterocycles. The lowest BCUT2D eigenvalue weighted by Crippen LogP contribution is -2.60. The van der Waals surface area contributed by atoms with Crippen molar-refractivity contribution in [2.45, 2.75) is 59.2 Å². The molecule has 1 N–H and O–H groups in total. The molecule has 3 fully saturated rings. The van der Waals surface area contributed by atoms with Crippen LogP contribution >= 0.6 is 0 Å². The summed E-state index contributed by atoms with van der Waals surface area (Å²) >= 11 is 0. The van der Waals surface area contributed by atoms with Crippen molar-refractivity contribution in [2.24, 2.45) is 28.6 Å². The van der Waals surface area contributed by atoms with Gasteiger partial charge in [-0.15, -0.1) is 0 Å². The van der Waals surface area contributed by atoms with E-state index in [9.17, 15) is 14.7 Å². The van der Waals surface area contributed by atoms with Gasteiger partial charge in [0.1, 0.15) is 6.10 Å². The van der Waals surface area contributed by atoms with Gasteiger partial charge >= 0.3 is 11.9 Å². The molecule has 124 valence electrons. The summed E-state index contributed by atoms with van der Waals surface area (Å²) in [6.07, 6.45) is 1.53. The van der Waals surface area contributed by atoms with Gasteiger partial charge in [0.05, 0.1) is 18.6 Å². The Morgan fingerprint density at radius 2 is 2.05 bits per heavy atom. The number of aliphatic hydroxyl groups excluding tert-OH is 1. The summed E-state index contributed by atoms with van der Waals surface area (Å²) in [4.78, 5) is 23.7. The maximum absolute atomic E-state index is 12.3. The first-order chi connectivity index (χ1) is 10.2. The Bertz CT molecular complexity index is 499. The molecule has 0 aromatic rings. The van der Waals surface area contributed by atoms with E-state index in [0.717, 1.165) is 12.8 Å². The molecule has 3 rings (SSSR count). The van der Waals surface area contributed by atoms with E-state index < -0.39 is 6.10 Å². The highest BCUT2D eigenvalue weighted by Gasteiger charge is 2.64. The van der Waals surface area contributed by atoms with Crippen LogP contribution in [0.25, 0.3) is 0 Å². The molecule has 6 atom stereocenters. The summed E-state index contributed by atoms with van der Waals surface area (Å²) in [5.41, 5.74) is -0.467. The van der Waals surface area contributed by atoms with Gasteiger partial charge in [0, 0.05) is 18.3 Å². The molecule has 22 heavy (non-hydrogen) atoms. The monoisotopic (exact) mass is 310 g/mol. The fourth-order valence-electron chi connectivity index (χ4n) is 5.47. The molecule has 0 amide bonds. The summed E-state index contributed by atoms with van der Waals surface area (Å²) in [7, 11) is 0. The first-order valence-corrected chi connectivity index (χ1v) is 8.20. The Morgan fingerprint density at radius 3 is 2.68 bits per heavy atom. The van der Waals surface area contributed by atoms with E-state index >= 15 is 0 Å². The fraction of sp³-hybridized carbons (Fsp3) is 0.882. The lowest BCUT2D eigenvalue weighted by Gasteiger charge is -2.59. The second-order valence-corrected chi connectivity index (χ2v) is 8.09. The average Bonchev–Trinajstić information content (AvgIpc) is 2.80. The van der Waals surface area contributed by atoms with E-state index in [1.54, 1.807) is 0 Å². The molecule has 0 spiro atoms. The second kappa shape index (κ2) is 4.95. The Kier molecular flexibility index (Phi) is 3.55. The van der Waals surface area contributed by atoms with Gasteiger partial charge in [0.15, 0.2) is 0 Å². The van der Waals surface area contributed by atoms with E-state index in [2.05, 4.69) is 20.8 Å². The van der Waals surface area contributed by atoms with Crippen LogP contribution < -0.4 is 0 Å². The summed E-state index contributed by atoms with van der Waals surface area (Å²) in [6.45, 7) is 8.11. The zero-order valence-electron chi connectivity index (χ0n) is 13.8. The highest BCUT2D eigenvalue weighted by atomic mass is 16.5. The Balaban J connectivity index is 1.96. The maximum atomic E-state index is 12.3. The van der Waals surface area contributed by atoms with Gasteiger partial charge in [-0.2, -0.15) is 0 Å². The maximum Gasteiger partial charge on any atom is 0.310 e. The van der Waals surface area contributed by atoms with Gasteiger partial charge < -0.3 is 14.6 Å². The summed E-state index contributed by atoms with van der Waals surface area (Å²) < 4.78 is 10.8. The van der Waals surface area contributed by atoms with Crippen molar-refractivity contribution in [3.8, 4) is 0 Å². The minimum atomic E-state index is -0.523. The molecule has 2 saturated carbocycles. The number of hydrogen-bond acceptors (Lipinski definition) is 5. The molecule has 2 aliphatic carbocycles. The largest absolute Gasteiger partial charge is 0.465 e. The van der Waals surface area contributed by atoms with E-state index in [-0.39, 0.29) is 46.6 Å². The molecule has 0 aromatic carbocycles. The number of esters is 2. The molecule has 0 unspecified atom stereocenters. The Labute approximate surface area is 131 Å². The van der Waals surface area contributed by atoms with Crippen LogP contribution in [0.1, 0.15) is 47.0 Å². The molecule has 0 radical (unpaired) electrons. The third kappa shape index (κ3) is 2.08. The smallest absolute Gasteiger partial charge is 0.310 e. The highest BCUT2D eigenvalue weighted by Crippen LogP contribution is 2.62. The molecular formula is C17H26O5. The van der Waals surface area contributed by atoms with Crippen molar-refractivity contribution in [3.63, 3.8) is 0 Å². The zero-order chi connectivity index (χ0) is 16.3. The predicted molar refractivity (Wildman–Crippen MR) is 78.7 cm³/mol. The van der Waals surface area contributed by atoms with Crippen molar-refractivity contribution in [1.82, 2.24) is 0 Å². The standard InChI is InChI=1S/C17H26O5/c1-9(18)22-13-5-6-17(4)12(16(13,2)3)7-11(19)10-8-21-15(20)14(10)17/h10-14,19H,5-8H2,1-4H3/t10-,11-,12+,13-,14-,17-/m0/s1. The van der Waals surface area contributed by atoms with Gasteiger partial charge in [-0.1, -0.05) is 20.8 Å². The van der Waals surface area contributed by atoms with Crippen LogP contribution in [0, 0.1) is 28.6 Å². The zero-order valence-corrected chi connectivity index (χ0v) is 13.8. The summed E-state index contributed by atoms with van der Waals surface area (Å²) in [6, 6.07) is 0. The minimum absolute atomic E-state index is 0.0881. The van der Waals surface area contributed by atoms with Crippen LogP contribution in [0.15, 0.2) is 0 Å². The van der Waals surface area contributed by atoms with E-state index in [1.165, 1.54) is 6.92 Å². The molecule has 0 bridgehead atoms. The van der Waals surface area contributed by atoms with Crippen molar-refractivity contribution in [1.29, 1.82) is 0 Å². The Morgan fingerprint density at radius 1 is 1.36 bits per heavy atom. The number of ether oxygens (including phenoxy) is 2. The van der Waals surface area contributed by atoms with E-state index in [0.29, 0.717) is 13.0 Å². The first-order valence-electron chi connectivity index (χ1n) is 8.20. The minimum Gasteiger partial charge on any atom is -0.465 e. The highest BCUT2D eigenvalue weighted by molar-refractivity contribution is 5.76. The number of cyclic esters (lactones) is 1. The van der Waals surface area contributed by atoms with Crippen molar-refractivity contribution < 1.29 is 24.2 Å². The topological polar surface area (TPSA) is 72.8 Å². The molecule has 1 saturated heterocycles. The third-order valence-corrected chi connectivity index (χ3v) is 6.56. The molecule has 1 aliphatic heterocycles. The van der Waals surface area contributed by atoms with Crippen LogP contribution in [-0.2, 0) is 19.1 Å². The third-order valence-electron chi connectivity index (χ3n) is 6.56. The van der Waals surface area contributed by atoms with Crippen molar-refractivity contribution in [3.05, 3.63) is 0 Å². The number of aliphatic hydroxyl groups is 1.